The molecule has 0 saturated carbocycles. The average molecular weight is 363 g/mol. The monoisotopic (exact) mass is 362 g/mol. The highest BCUT2D eigenvalue weighted by Crippen LogP contribution is 2.41. The predicted octanol–water partition coefficient (Wildman–Crippen LogP) is 5.44. The van der Waals surface area contributed by atoms with Crippen LogP contribution in [0, 0.1) is 0 Å². The Kier molecular flexibility index (Phi) is 5.09. The van der Waals surface area contributed by atoms with E-state index in [0.29, 0.717) is 6.04 Å². The van der Waals surface area contributed by atoms with Gasteiger partial charge in [-0.25, -0.2) is 4.68 Å². The van der Waals surface area contributed by atoms with Gasteiger partial charge in [-0.05, 0) is 53.2 Å². The van der Waals surface area contributed by atoms with Gasteiger partial charge < -0.3 is 4.90 Å². The Morgan fingerprint density at radius 2 is 1.89 bits per heavy atom. The first-order valence-electron chi connectivity index (χ1n) is 9.60. The van der Waals surface area contributed by atoms with E-state index in [1.807, 2.05) is 10.8 Å². The Labute approximate surface area is 162 Å². The van der Waals surface area contributed by atoms with Crippen LogP contribution in [0.4, 0.5) is 5.69 Å². The first kappa shape index (κ1) is 19.2. The zero-order valence-electron chi connectivity index (χ0n) is 17.3. The van der Waals surface area contributed by atoms with Gasteiger partial charge >= 0.3 is 0 Å². The van der Waals surface area contributed by atoms with E-state index in [1.54, 1.807) is 0 Å². The molecule has 0 saturated heterocycles. The third kappa shape index (κ3) is 3.36. The van der Waals surface area contributed by atoms with Crippen molar-refractivity contribution in [2.75, 3.05) is 11.4 Å². The Morgan fingerprint density at radius 3 is 2.48 bits per heavy atom. The minimum absolute atomic E-state index is 0.175. The quantitative estimate of drug-likeness (QED) is 0.713. The third-order valence-electron chi connectivity index (χ3n) is 4.97. The van der Waals surface area contributed by atoms with Crippen LogP contribution < -0.4 is 4.90 Å². The van der Waals surface area contributed by atoms with Gasteiger partial charge in [-0.2, -0.15) is 0 Å². The van der Waals surface area contributed by atoms with Crippen molar-refractivity contribution in [2.24, 2.45) is 0 Å². The summed E-state index contributed by atoms with van der Waals surface area (Å²) in [4.78, 5) is 2.43. The van der Waals surface area contributed by atoms with Crippen LogP contribution in [0.2, 0.25) is 0 Å². The fraction of sp³-hybridized carbons (Fsp3) is 0.391. The molecule has 0 N–H and O–H groups in total. The molecule has 0 fully saturated rings. The zero-order valence-corrected chi connectivity index (χ0v) is 17.3. The Morgan fingerprint density at radius 1 is 1.19 bits per heavy atom. The van der Waals surface area contributed by atoms with E-state index in [2.05, 4.69) is 99.8 Å². The molecule has 142 valence electrons. The molecule has 1 aliphatic rings. The van der Waals surface area contributed by atoms with Gasteiger partial charge in [0, 0.05) is 29.4 Å². The van der Waals surface area contributed by atoms with Crippen molar-refractivity contribution < 1.29 is 0 Å². The van der Waals surface area contributed by atoms with Crippen LogP contribution in [-0.2, 0) is 5.54 Å². The Balaban J connectivity index is 2.43. The normalized spacial score (nSPS) is 17.7. The maximum absolute atomic E-state index is 4.65. The summed E-state index contributed by atoms with van der Waals surface area (Å²) in [6.07, 6.45) is 6.14. The third-order valence-corrected chi connectivity index (χ3v) is 4.97. The van der Waals surface area contributed by atoms with Crippen LogP contribution in [0.15, 0.2) is 54.6 Å². The Bertz CT molecular complexity index is 907. The minimum Gasteiger partial charge on any atom is -0.364 e. The van der Waals surface area contributed by atoms with Gasteiger partial charge in [0.25, 0.3) is 0 Å². The molecule has 1 aromatic heterocycles. The zero-order chi connectivity index (χ0) is 19.8. The molecule has 4 heteroatoms. The van der Waals surface area contributed by atoms with Gasteiger partial charge in [0.05, 0.1) is 11.2 Å². The Hall–Kier alpha value is -2.62. The number of anilines is 1. The number of allylic oxidation sites excluding steroid dienone is 3. The minimum atomic E-state index is -0.175. The van der Waals surface area contributed by atoms with Crippen molar-refractivity contribution >= 4 is 11.3 Å². The van der Waals surface area contributed by atoms with Gasteiger partial charge in [-0.15, -0.1) is 5.10 Å². The second kappa shape index (κ2) is 7.18. The summed E-state index contributed by atoms with van der Waals surface area (Å²) in [6.45, 7) is 17.8. The lowest BCUT2D eigenvalue weighted by atomic mass is 9.92. The van der Waals surface area contributed by atoms with Gasteiger partial charge in [0.1, 0.15) is 5.69 Å². The molecule has 0 unspecified atom stereocenters. The molecule has 2 aromatic rings. The van der Waals surface area contributed by atoms with Crippen LogP contribution >= 0.6 is 0 Å². The maximum Gasteiger partial charge on any atom is 0.123 e. The largest absolute Gasteiger partial charge is 0.364 e. The van der Waals surface area contributed by atoms with Gasteiger partial charge in [0.2, 0.25) is 0 Å². The number of hydrogen-bond acceptors (Lipinski definition) is 3. The number of benzene rings is 1. The smallest absolute Gasteiger partial charge is 0.123 e. The number of fused-ring (bicyclic) bond motifs is 3. The summed E-state index contributed by atoms with van der Waals surface area (Å²) in [6, 6.07) is 8.87. The van der Waals surface area contributed by atoms with Crippen LogP contribution in [-0.4, -0.2) is 27.6 Å². The fourth-order valence-corrected chi connectivity index (χ4v) is 3.62. The van der Waals surface area contributed by atoms with Crippen molar-refractivity contribution in [3.05, 3.63) is 60.3 Å². The topological polar surface area (TPSA) is 34.0 Å². The molecule has 0 bridgehead atoms. The van der Waals surface area contributed by atoms with Crippen molar-refractivity contribution in [3.8, 4) is 11.3 Å². The van der Waals surface area contributed by atoms with Gasteiger partial charge in [-0.3, -0.25) is 0 Å². The van der Waals surface area contributed by atoms with Gasteiger partial charge in [0.15, 0.2) is 0 Å². The molecule has 1 aromatic carbocycles. The standard InChI is InChI=1S/C23H30N4/c1-8-12-18-17(9-2)15-26(16(3)4)20-14-11-10-13-19(20)21-22(18)27(25-24-21)23(5,6)7/h8-14,16H,1,15H2,2-7H3/b17-9-,18-12+. The molecule has 0 aliphatic carbocycles. The number of aromatic nitrogens is 3. The molecule has 0 atom stereocenters. The van der Waals surface area contributed by atoms with Crippen LogP contribution in [0.3, 0.4) is 0 Å². The van der Waals surface area contributed by atoms with Crippen LogP contribution in [0.5, 0.6) is 0 Å². The lowest BCUT2D eigenvalue weighted by Gasteiger charge is -2.35. The average Bonchev–Trinajstić information content (AvgIpc) is 3.04. The fourth-order valence-electron chi connectivity index (χ4n) is 3.62. The van der Waals surface area contributed by atoms with Gasteiger partial charge in [-0.1, -0.05) is 48.2 Å². The highest BCUT2D eigenvalue weighted by Gasteiger charge is 2.31. The van der Waals surface area contributed by atoms with E-state index in [4.69, 9.17) is 0 Å². The molecule has 4 nitrogen and oxygen atoms in total. The summed E-state index contributed by atoms with van der Waals surface area (Å²) in [7, 11) is 0. The molecule has 0 amide bonds. The van der Waals surface area contributed by atoms with E-state index in [9.17, 15) is 0 Å². The summed E-state index contributed by atoms with van der Waals surface area (Å²) in [5.41, 5.74) is 6.54. The van der Waals surface area contributed by atoms with E-state index in [0.717, 1.165) is 29.1 Å². The van der Waals surface area contributed by atoms with Crippen molar-refractivity contribution in [1.29, 1.82) is 0 Å². The molecular weight excluding hydrogens is 332 g/mol. The SMILES string of the molecule is C=C/C=C1\C(=C/C)CN(C(C)C)c2ccccc2-c2nnn(C(C)(C)C)c21. The van der Waals surface area contributed by atoms with E-state index in [1.165, 1.54) is 11.3 Å². The number of nitrogens with zero attached hydrogens (tertiary/aromatic N) is 4. The number of hydrogen-bond donors (Lipinski definition) is 0. The second-order valence-electron chi connectivity index (χ2n) is 8.24. The van der Waals surface area contributed by atoms with Crippen LogP contribution in [0.25, 0.3) is 16.8 Å². The van der Waals surface area contributed by atoms with Crippen LogP contribution in [0.1, 0.15) is 47.2 Å². The summed E-state index contributed by atoms with van der Waals surface area (Å²) >= 11 is 0. The second-order valence-corrected chi connectivity index (χ2v) is 8.24. The molecule has 3 rings (SSSR count). The highest BCUT2D eigenvalue weighted by molar-refractivity contribution is 5.92. The lowest BCUT2D eigenvalue weighted by molar-refractivity contribution is 0.344. The molecule has 0 spiro atoms. The van der Waals surface area contributed by atoms with E-state index in [-0.39, 0.29) is 5.54 Å². The predicted molar refractivity (Wildman–Crippen MR) is 115 cm³/mol. The van der Waals surface area contributed by atoms with E-state index < -0.39 is 0 Å². The van der Waals surface area contributed by atoms with E-state index >= 15 is 0 Å². The van der Waals surface area contributed by atoms with Crippen molar-refractivity contribution in [2.45, 2.75) is 53.1 Å². The molecular formula is C23H30N4. The first-order chi connectivity index (χ1) is 12.8. The first-order valence-corrected chi connectivity index (χ1v) is 9.60. The van der Waals surface area contributed by atoms with Crippen molar-refractivity contribution in [3.63, 3.8) is 0 Å². The summed E-state index contributed by atoms with van der Waals surface area (Å²) in [5.74, 6) is 0. The molecule has 27 heavy (non-hydrogen) atoms. The summed E-state index contributed by atoms with van der Waals surface area (Å²) < 4.78 is 2.04. The molecule has 2 heterocycles. The lowest BCUT2D eigenvalue weighted by Crippen LogP contribution is -2.34. The summed E-state index contributed by atoms with van der Waals surface area (Å²) in [5, 5.41) is 9.21. The maximum atomic E-state index is 4.65. The number of rotatable bonds is 2. The highest BCUT2D eigenvalue weighted by atomic mass is 15.5. The van der Waals surface area contributed by atoms with Crippen molar-refractivity contribution in [1.82, 2.24) is 15.0 Å². The number of para-hydroxylation sites is 1. The molecule has 0 radical (unpaired) electrons. The molecule has 1 aliphatic heterocycles.